The SMILES string of the molecule is CC[O-].CN1CC=[N+](Cc2cnn(C)c2-n2cccc2)C(=O)C1. The zero-order valence-corrected chi connectivity index (χ0v) is 13.8. The van der Waals surface area contributed by atoms with Crippen LogP contribution in [0.15, 0.2) is 30.7 Å². The topological polar surface area (TPSA) is 69.1 Å². The number of rotatable bonds is 3. The molecule has 0 aliphatic carbocycles. The minimum atomic E-state index is 0. The first-order valence-electron chi connectivity index (χ1n) is 7.60. The molecule has 23 heavy (non-hydrogen) atoms. The second kappa shape index (κ2) is 7.85. The molecule has 0 aromatic carbocycles. The third-order valence-corrected chi connectivity index (χ3v) is 3.51. The van der Waals surface area contributed by atoms with E-state index < -0.39 is 0 Å². The van der Waals surface area contributed by atoms with E-state index in [0.717, 1.165) is 17.9 Å². The smallest absolute Gasteiger partial charge is 0.401 e. The van der Waals surface area contributed by atoms with Gasteiger partial charge in [-0.3, -0.25) is 9.58 Å². The van der Waals surface area contributed by atoms with E-state index in [2.05, 4.69) is 5.10 Å². The second-order valence-electron chi connectivity index (χ2n) is 5.40. The van der Waals surface area contributed by atoms with Crippen LogP contribution in [-0.4, -0.2) is 62.7 Å². The summed E-state index contributed by atoms with van der Waals surface area (Å²) in [6.45, 7) is 3.40. The molecule has 0 saturated carbocycles. The quantitative estimate of drug-likeness (QED) is 0.725. The van der Waals surface area contributed by atoms with Gasteiger partial charge in [0.2, 0.25) is 0 Å². The van der Waals surface area contributed by atoms with E-state index in [1.165, 1.54) is 0 Å². The normalized spacial score (nSPS) is 15.1. The van der Waals surface area contributed by atoms with Gasteiger partial charge in [0.1, 0.15) is 12.4 Å². The fraction of sp³-hybridized carbons (Fsp3) is 0.438. The standard InChI is InChI=1S/C14H18N5O.C2H5O/c1-16-7-8-19(13(20)11-16)10-12-9-15-17(2)14(12)18-5-3-4-6-18;1-2-3/h3-6,8-9H,7,10-11H2,1-2H3;2H2,1H3/q+1;-1. The Kier molecular flexibility index (Phi) is 5.84. The van der Waals surface area contributed by atoms with Gasteiger partial charge in [-0.2, -0.15) is 9.67 Å². The highest BCUT2D eigenvalue weighted by Gasteiger charge is 2.26. The predicted octanol–water partition coefficient (Wildman–Crippen LogP) is -0.367. The molecule has 1 aliphatic rings. The lowest BCUT2D eigenvalue weighted by atomic mass is 10.3. The van der Waals surface area contributed by atoms with E-state index in [4.69, 9.17) is 5.11 Å². The van der Waals surface area contributed by atoms with E-state index in [1.807, 2.05) is 65.2 Å². The molecule has 1 aliphatic heterocycles. The number of hydrogen-bond donors (Lipinski definition) is 0. The van der Waals surface area contributed by atoms with Crippen LogP contribution < -0.4 is 5.11 Å². The fourth-order valence-electron chi connectivity index (χ4n) is 2.46. The van der Waals surface area contributed by atoms with Gasteiger partial charge in [0.25, 0.3) is 0 Å². The third-order valence-electron chi connectivity index (χ3n) is 3.51. The summed E-state index contributed by atoms with van der Waals surface area (Å²) < 4.78 is 5.63. The number of carbonyl (C=O) groups excluding carboxylic acids is 1. The zero-order valence-electron chi connectivity index (χ0n) is 13.8. The van der Waals surface area contributed by atoms with Gasteiger partial charge in [0.15, 0.2) is 12.8 Å². The summed E-state index contributed by atoms with van der Waals surface area (Å²) >= 11 is 0. The molecular formula is C16H23N5O2. The number of nitrogens with zero attached hydrogens (tertiary/aromatic N) is 5. The summed E-state index contributed by atoms with van der Waals surface area (Å²) in [5.41, 5.74) is 1.04. The van der Waals surface area contributed by atoms with Crippen molar-refractivity contribution in [1.82, 2.24) is 19.2 Å². The van der Waals surface area contributed by atoms with Gasteiger partial charge in [-0.05, 0) is 19.2 Å². The number of aryl methyl sites for hydroxylation is 1. The maximum absolute atomic E-state index is 12.0. The van der Waals surface area contributed by atoms with Gasteiger partial charge in [-0.1, -0.05) is 6.92 Å². The van der Waals surface area contributed by atoms with E-state index in [0.29, 0.717) is 13.1 Å². The monoisotopic (exact) mass is 317 g/mol. The van der Waals surface area contributed by atoms with Crippen molar-refractivity contribution in [2.75, 3.05) is 26.7 Å². The predicted molar refractivity (Wildman–Crippen MR) is 85.6 cm³/mol. The molecule has 0 N–H and O–H groups in total. The largest absolute Gasteiger partial charge is 0.855 e. The Morgan fingerprint density at radius 3 is 2.57 bits per heavy atom. The number of aromatic nitrogens is 3. The van der Waals surface area contributed by atoms with Gasteiger partial charge >= 0.3 is 5.91 Å². The molecule has 3 rings (SSSR count). The maximum atomic E-state index is 12.0. The van der Waals surface area contributed by atoms with Crippen molar-refractivity contribution in [3.63, 3.8) is 0 Å². The van der Waals surface area contributed by atoms with Crippen LogP contribution in [0.25, 0.3) is 5.82 Å². The van der Waals surface area contributed by atoms with Crippen LogP contribution >= 0.6 is 0 Å². The Morgan fingerprint density at radius 1 is 1.30 bits per heavy atom. The number of amides is 1. The van der Waals surface area contributed by atoms with Gasteiger partial charge in [0.05, 0.1) is 18.3 Å². The Labute approximate surface area is 136 Å². The maximum Gasteiger partial charge on any atom is 0.401 e. The second-order valence-corrected chi connectivity index (χ2v) is 5.40. The summed E-state index contributed by atoms with van der Waals surface area (Å²) in [6.07, 6.45) is 7.74. The number of hydrogen-bond acceptors (Lipinski definition) is 4. The van der Waals surface area contributed by atoms with Crippen LogP contribution in [0, 0.1) is 0 Å². The molecule has 124 valence electrons. The van der Waals surface area contributed by atoms with Crippen LogP contribution in [0.2, 0.25) is 0 Å². The van der Waals surface area contributed by atoms with Crippen LogP contribution in [0.1, 0.15) is 12.5 Å². The average molecular weight is 317 g/mol. The molecule has 2 aromatic rings. The molecule has 0 atom stereocenters. The first kappa shape index (κ1) is 17.1. The van der Waals surface area contributed by atoms with Crippen molar-refractivity contribution in [3.05, 3.63) is 36.3 Å². The molecule has 0 radical (unpaired) electrons. The molecule has 0 fully saturated rings. The van der Waals surface area contributed by atoms with E-state index in [1.54, 1.807) is 11.5 Å². The van der Waals surface area contributed by atoms with Crippen molar-refractivity contribution < 1.29 is 14.5 Å². The summed E-state index contributed by atoms with van der Waals surface area (Å²) in [4.78, 5) is 14.0. The fourth-order valence-corrected chi connectivity index (χ4v) is 2.46. The van der Waals surface area contributed by atoms with Gasteiger partial charge in [-0.25, -0.2) is 4.79 Å². The molecule has 1 amide bonds. The molecule has 7 heteroatoms. The first-order chi connectivity index (χ1) is 11.1. The minimum absolute atomic E-state index is 0. The zero-order chi connectivity index (χ0) is 16.8. The lowest BCUT2D eigenvalue weighted by Crippen LogP contribution is -2.41. The summed E-state index contributed by atoms with van der Waals surface area (Å²) in [6, 6.07) is 3.95. The lowest BCUT2D eigenvalue weighted by molar-refractivity contribution is -0.465. The summed E-state index contributed by atoms with van der Waals surface area (Å²) in [5.74, 6) is 1.12. The molecule has 3 heterocycles. The molecule has 0 bridgehead atoms. The molecule has 0 spiro atoms. The molecule has 0 unspecified atom stereocenters. The Balaban J connectivity index is 0.000000595. The van der Waals surface area contributed by atoms with Crippen molar-refractivity contribution in [2.24, 2.45) is 7.05 Å². The number of carbonyl (C=O) groups is 1. The van der Waals surface area contributed by atoms with Crippen LogP contribution in [0.4, 0.5) is 0 Å². The van der Waals surface area contributed by atoms with Crippen LogP contribution in [0.3, 0.4) is 0 Å². The summed E-state index contributed by atoms with van der Waals surface area (Å²) in [7, 11) is 3.86. The molecular weight excluding hydrogens is 294 g/mol. The van der Waals surface area contributed by atoms with Gasteiger partial charge in [0, 0.05) is 19.4 Å². The average Bonchev–Trinajstić information content (AvgIpc) is 3.12. The molecule has 2 aromatic heterocycles. The highest BCUT2D eigenvalue weighted by Crippen LogP contribution is 2.15. The van der Waals surface area contributed by atoms with Gasteiger partial charge < -0.3 is 9.67 Å². The van der Waals surface area contributed by atoms with E-state index in [-0.39, 0.29) is 12.5 Å². The van der Waals surface area contributed by atoms with Crippen molar-refractivity contribution in [2.45, 2.75) is 13.5 Å². The number of likely N-dealkylation sites (N-methyl/N-ethyl adjacent to an activating group) is 1. The highest BCUT2D eigenvalue weighted by atomic mass is 16.2. The molecule has 0 saturated heterocycles. The highest BCUT2D eigenvalue weighted by molar-refractivity contribution is 5.77. The van der Waals surface area contributed by atoms with Crippen molar-refractivity contribution in [3.8, 4) is 5.82 Å². The summed E-state index contributed by atoms with van der Waals surface area (Å²) in [5, 5.41) is 13.2. The van der Waals surface area contributed by atoms with Crippen LogP contribution in [-0.2, 0) is 18.4 Å². The van der Waals surface area contributed by atoms with E-state index >= 15 is 0 Å². The Bertz CT molecular complexity index is 673. The van der Waals surface area contributed by atoms with Crippen molar-refractivity contribution >= 4 is 12.1 Å². The molecule has 7 nitrogen and oxygen atoms in total. The van der Waals surface area contributed by atoms with Crippen LogP contribution in [0.5, 0.6) is 0 Å². The first-order valence-corrected chi connectivity index (χ1v) is 7.60. The third kappa shape index (κ3) is 4.14. The Hall–Kier alpha value is -2.25. The van der Waals surface area contributed by atoms with Crippen molar-refractivity contribution in [1.29, 1.82) is 0 Å². The Morgan fingerprint density at radius 2 is 1.96 bits per heavy atom. The van der Waals surface area contributed by atoms with E-state index in [9.17, 15) is 4.79 Å². The lowest BCUT2D eigenvalue weighted by Gasteiger charge is -2.15. The van der Waals surface area contributed by atoms with Gasteiger partial charge in [-0.15, -0.1) is 6.61 Å². The minimum Gasteiger partial charge on any atom is -0.855 e.